The van der Waals surface area contributed by atoms with Gasteiger partial charge in [0.1, 0.15) is 30.0 Å². The van der Waals surface area contributed by atoms with Crippen LogP contribution in [-0.4, -0.2) is 79.9 Å². The minimum Gasteiger partial charge on any atom is -0.479 e. The number of aliphatic hydroxyl groups excluding tert-OH is 4. The maximum absolute atomic E-state index is 11.6. The number of aliphatic hydroxyl groups is 4. The lowest BCUT2D eigenvalue weighted by atomic mass is 9.94. The number of ether oxygens (including phenoxy) is 2. The van der Waals surface area contributed by atoms with Gasteiger partial charge in [-0.1, -0.05) is 0 Å². The van der Waals surface area contributed by atoms with Crippen molar-refractivity contribution in [1.29, 1.82) is 0 Å². The van der Waals surface area contributed by atoms with Crippen LogP contribution in [0.2, 0.25) is 0 Å². The molecule has 0 aromatic rings. The lowest BCUT2D eigenvalue weighted by Crippen LogP contribution is -2.66. The van der Waals surface area contributed by atoms with Crippen LogP contribution in [-0.2, 0) is 14.3 Å². The molecule has 128 valence electrons. The lowest BCUT2D eigenvalue weighted by Gasteiger charge is -2.41. The average molecular weight is 323 g/mol. The number of carbonyl (C=O) groups excluding carboxylic acids is 1. The van der Waals surface area contributed by atoms with Crippen molar-refractivity contribution in [2.24, 2.45) is 0 Å². The molecule has 0 radical (unpaired) electrons. The number of rotatable bonds is 3. The zero-order valence-corrected chi connectivity index (χ0v) is 12.3. The first-order valence-corrected chi connectivity index (χ1v) is 6.54. The first-order chi connectivity index (χ1) is 9.94. The summed E-state index contributed by atoms with van der Waals surface area (Å²) in [5, 5.41) is 49.6. The Bertz CT molecular complexity index is 421. The van der Waals surface area contributed by atoms with Gasteiger partial charge in [0.05, 0.1) is 0 Å². The third-order valence-electron chi connectivity index (χ3n) is 2.91. The second kappa shape index (κ2) is 6.75. The highest BCUT2D eigenvalue weighted by Crippen LogP contribution is 2.23. The van der Waals surface area contributed by atoms with Crippen LogP contribution in [0.4, 0.5) is 4.79 Å². The van der Waals surface area contributed by atoms with E-state index in [-0.39, 0.29) is 0 Å². The molecule has 1 amide bonds. The fourth-order valence-corrected chi connectivity index (χ4v) is 1.90. The van der Waals surface area contributed by atoms with E-state index in [1.54, 1.807) is 20.8 Å². The molecule has 22 heavy (non-hydrogen) atoms. The Morgan fingerprint density at radius 3 is 2.18 bits per heavy atom. The minimum atomic E-state index is -2.15. The molecule has 1 rings (SSSR count). The molecular formula is C12H21NO9. The highest BCUT2D eigenvalue weighted by molar-refractivity contribution is 5.73. The second-order valence-corrected chi connectivity index (χ2v) is 5.93. The predicted molar refractivity (Wildman–Crippen MR) is 69.7 cm³/mol. The minimum absolute atomic E-state index is 0.823. The molecule has 6 N–H and O–H groups in total. The molecule has 10 heteroatoms. The van der Waals surface area contributed by atoms with E-state index in [4.69, 9.17) is 14.6 Å². The summed E-state index contributed by atoms with van der Waals surface area (Å²) in [4.78, 5) is 22.3. The smallest absolute Gasteiger partial charge is 0.408 e. The van der Waals surface area contributed by atoms with Gasteiger partial charge in [0, 0.05) is 0 Å². The van der Waals surface area contributed by atoms with Crippen molar-refractivity contribution in [2.75, 3.05) is 0 Å². The summed E-state index contributed by atoms with van der Waals surface area (Å²) < 4.78 is 9.71. The van der Waals surface area contributed by atoms with E-state index in [0.29, 0.717) is 0 Å². The number of nitrogens with one attached hydrogen (secondary N) is 1. The number of amides is 1. The Balaban J connectivity index is 2.77. The summed E-state index contributed by atoms with van der Waals surface area (Å²) >= 11 is 0. The highest BCUT2D eigenvalue weighted by atomic mass is 16.6. The molecule has 0 bridgehead atoms. The number of aliphatic carboxylic acids is 1. The lowest BCUT2D eigenvalue weighted by molar-refractivity contribution is -0.265. The van der Waals surface area contributed by atoms with Crippen molar-refractivity contribution in [1.82, 2.24) is 5.32 Å². The molecule has 1 fully saturated rings. The SMILES string of the molecule is CC(C)(C)OC(=O)N[C@H]1C(O)O[C@H]([C@H](O)C(=O)O)[C@H](O)[C@H]1O. The van der Waals surface area contributed by atoms with Gasteiger partial charge in [-0.15, -0.1) is 0 Å². The van der Waals surface area contributed by atoms with Gasteiger partial charge in [-0.25, -0.2) is 9.59 Å². The van der Waals surface area contributed by atoms with Gasteiger partial charge >= 0.3 is 12.1 Å². The van der Waals surface area contributed by atoms with Crippen molar-refractivity contribution < 1.29 is 44.6 Å². The Hall–Kier alpha value is -1.46. The molecule has 1 aliphatic rings. The summed E-state index contributed by atoms with van der Waals surface area (Å²) in [7, 11) is 0. The van der Waals surface area contributed by atoms with Crippen LogP contribution in [0.25, 0.3) is 0 Å². The Morgan fingerprint density at radius 1 is 1.18 bits per heavy atom. The van der Waals surface area contributed by atoms with E-state index in [1.165, 1.54) is 0 Å². The summed E-state index contributed by atoms with van der Waals surface area (Å²) in [6, 6.07) is -1.46. The largest absolute Gasteiger partial charge is 0.479 e. The average Bonchev–Trinajstić information content (AvgIpc) is 2.35. The van der Waals surface area contributed by atoms with Gasteiger partial charge in [0.25, 0.3) is 0 Å². The number of alkyl carbamates (subject to hydrolysis) is 1. The molecule has 1 saturated heterocycles. The molecular weight excluding hydrogens is 302 g/mol. The van der Waals surface area contributed by atoms with E-state index in [2.05, 4.69) is 5.32 Å². The third-order valence-corrected chi connectivity index (χ3v) is 2.91. The van der Waals surface area contributed by atoms with Crippen LogP contribution in [0, 0.1) is 0 Å². The Kier molecular flexibility index (Phi) is 5.70. The van der Waals surface area contributed by atoms with Gasteiger partial charge < -0.3 is 40.3 Å². The quantitative estimate of drug-likeness (QED) is 0.337. The third kappa shape index (κ3) is 4.52. The molecule has 6 atom stereocenters. The van der Waals surface area contributed by atoms with Crippen LogP contribution in [0.5, 0.6) is 0 Å². The molecule has 0 aromatic carbocycles. The predicted octanol–water partition coefficient (Wildman–Crippen LogP) is -2.24. The molecule has 0 aliphatic carbocycles. The van der Waals surface area contributed by atoms with Crippen LogP contribution in [0.3, 0.4) is 0 Å². The Labute approximate surface area is 126 Å². The number of hydrogen-bond acceptors (Lipinski definition) is 8. The van der Waals surface area contributed by atoms with Crippen molar-refractivity contribution in [3.05, 3.63) is 0 Å². The molecule has 1 unspecified atom stereocenters. The number of hydrogen-bond donors (Lipinski definition) is 6. The maximum Gasteiger partial charge on any atom is 0.408 e. The van der Waals surface area contributed by atoms with Crippen LogP contribution >= 0.6 is 0 Å². The summed E-state index contributed by atoms with van der Waals surface area (Å²) in [5.41, 5.74) is -0.823. The van der Waals surface area contributed by atoms with Crippen LogP contribution < -0.4 is 5.32 Å². The van der Waals surface area contributed by atoms with Gasteiger partial charge in [-0.05, 0) is 20.8 Å². The first-order valence-electron chi connectivity index (χ1n) is 6.54. The van der Waals surface area contributed by atoms with E-state index >= 15 is 0 Å². The topological polar surface area (TPSA) is 166 Å². The fourth-order valence-electron chi connectivity index (χ4n) is 1.90. The van der Waals surface area contributed by atoms with Crippen molar-refractivity contribution >= 4 is 12.1 Å². The van der Waals surface area contributed by atoms with Crippen molar-refractivity contribution in [3.63, 3.8) is 0 Å². The number of carboxylic acid groups (broad SMARTS) is 1. The highest BCUT2D eigenvalue weighted by Gasteiger charge is 2.49. The standard InChI is InChI=1S/C12H21NO9/c1-12(2,3)22-11(20)13-4-5(14)6(15)8(21-10(4)19)7(16)9(17)18/h4-8,10,14-16,19H,1-3H3,(H,13,20)(H,17,18)/t4-,5+,6-,7+,8+,10?/m1/s1. The summed E-state index contributed by atoms with van der Waals surface area (Å²) in [6.45, 7) is 4.81. The molecule has 1 heterocycles. The van der Waals surface area contributed by atoms with Crippen molar-refractivity contribution in [2.45, 2.75) is 63.1 Å². The van der Waals surface area contributed by atoms with Gasteiger partial charge in [-0.2, -0.15) is 0 Å². The van der Waals surface area contributed by atoms with E-state index < -0.39 is 54.4 Å². The second-order valence-electron chi connectivity index (χ2n) is 5.93. The summed E-state index contributed by atoms with van der Waals surface area (Å²) in [6.07, 6.45) is -10.3. The number of carbonyl (C=O) groups is 2. The fraction of sp³-hybridized carbons (Fsp3) is 0.833. The normalized spacial score (nSPS) is 33.9. The number of carboxylic acids is 1. The van der Waals surface area contributed by atoms with Gasteiger partial charge in [-0.3, -0.25) is 0 Å². The maximum atomic E-state index is 11.6. The molecule has 0 aromatic heterocycles. The van der Waals surface area contributed by atoms with Crippen molar-refractivity contribution in [3.8, 4) is 0 Å². The van der Waals surface area contributed by atoms with E-state index in [1.807, 2.05) is 0 Å². The Morgan fingerprint density at radius 2 is 1.73 bits per heavy atom. The zero-order valence-electron chi connectivity index (χ0n) is 12.3. The van der Waals surface area contributed by atoms with Gasteiger partial charge in [0.15, 0.2) is 12.4 Å². The molecule has 0 saturated carbocycles. The monoisotopic (exact) mass is 323 g/mol. The van der Waals surface area contributed by atoms with Gasteiger partial charge in [0.2, 0.25) is 0 Å². The molecule has 10 nitrogen and oxygen atoms in total. The molecule has 0 spiro atoms. The first kappa shape index (κ1) is 18.6. The molecule has 1 aliphatic heterocycles. The van der Waals surface area contributed by atoms with Crippen LogP contribution in [0.15, 0.2) is 0 Å². The summed E-state index contributed by atoms with van der Waals surface area (Å²) in [5.74, 6) is -1.69. The van der Waals surface area contributed by atoms with E-state index in [0.717, 1.165) is 0 Å². The zero-order chi connectivity index (χ0) is 17.2. The van der Waals surface area contributed by atoms with E-state index in [9.17, 15) is 30.0 Å². The van der Waals surface area contributed by atoms with Crippen LogP contribution in [0.1, 0.15) is 20.8 Å².